The second kappa shape index (κ2) is 14.0. The standard InChI is InChI=1S/C10H10O.C5H5.C3H6.Ti/c1-2-3-9-11-10-7-5-4-6-8-10;1-2-4-5-3-1;1-3-2;/h2-9H,1H2;1-3H,4H2;1-2H3;/q;-1;;+1. The number of ether oxygens (including phenoxy) is 1. The molecule has 20 heavy (non-hydrogen) atoms. The van der Waals surface area contributed by atoms with Crippen molar-refractivity contribution < 1.29 is 24.7 Å². The van der Waals surface area contributed by atoms with Gasteiger partial charge in [0.2, 0.25) is 0 Å². The molecule has 0 atom stereocenters. The van der Waals surface area contributed by atoms with Crippen LogP contribution in [0.15, 0.2) is 73.6 Å². The van der Waals surface area contributed by atoms with Gasteiger partial charge in [-0.3, -0.25) is 6.08 Å². The summed E-state index contributed by atoms with van der Waals surface area (Å²) >= 11 is 2.08. The Labute approximate surface area is 134 Å². The van der Waals surface area contributed by atoms with E-state index >= 15 is 0 Å². The molecule has 0 amide bonds. The monoisotopic (exact) mass is 301 g/mol. The minimum absolute atomic E-state index is 0.839. The van der Waals surface area contributed by atoms with Gasteiger partial charge in [0.05, 0.1) is 6.26 Å². The maximum absolute atomic E-state index is 5.19. The van der Waals surface area contributed by atoms with Crippen LogP contribution in [0.1, 0.15) is 20.3 Å². The number of allylic oxidation sites excluding steroid dienone is 6. The van der Waals surface area contributed by atoms with E-state index in [1.165, 1.54) is 3.81 Å². The number of benzene rings is 1. The van der Waals surface area contributed by atoms with E-state index in [1.807, 2.05) is 42.5 Å². The Morgan fingerprint density at radius 1 is 1.30 bits per heavy atom. The van der Waals surface area contributed by atoms with Crippen LogP contribution in [0, 0.1) is 6.08 Å². The first-order chi connectivity index (χ1) is 9.66. The summed E-state index contributed by atoms with van der Waals surface area (Å²) < 4.78 is 6.61. The van der Waals surface area contributed by atoms with Crippen LogP contribution in [0.4, 0.5) is 0 Å². The maximum Gasteiger partial charge on any atom is -0.109 e. The van der Waals surface area contributed by atoms with Crippen molar-refractivity contribution in [3.05, 3.63) is 79.6 Å². The number of rotatable bonds is 3. The third-order valence-electron chi connectivity index (χ3n) is 1.75. The van der Waals surface area contributed by atoms with E-state index in [-0.39, 0.29) is 0 Å². The molecule has 1 aromatic rings. The summed E-state index contributed by atoms with van der Waals surface area (Å²) in [5, 5.41) is 0. The van der Waals surface area contributed by atoms with Crippen molar-refractivity contribution in [1.82, 2.24) is 0 Å². The van der Waals surface area contributed by atoms with Crippen LogP contribution in [-0.4, -0.2) is 3.81 Å². The molecule has 2 heteroatoms. The quantitative estimate of drug-likeness (QED) is 0.337. The van der Waals surface area contributed by atoms with Gasteiger partial charge in [-0.05, 0) is 18.2 Å². The van der Waals surface area contributed by atoms with Crippen LogP contribution >= 0.6 is 0 Å². The molecule has 0 aliphatic heterocycles. The van der Waals surface area contributed by atoms with Gasteiger partial charge < -0.3 is 4.74 Å². The van der Waals surface area contributed by atoms with Crippen molar-refractivity contribution in [3.8, 4) is 5.75 Å². The summed E-state index contributed by atoms with van der Waals surface area (Å²) in [6, 6.07) is 9.60. The van der Waals surface area contributed by atoms with Crippen molar-refractivity contribution in [2.24, 2.45) is 0 Å². The van der Waals surface area contributed by atoms with Gasteiger partial charge in [-0.25, -0.2) is 12.2 Å². The first-order valence-corrected chi connectivity index (χ1v) is 7.17. The fourth-order valence-corrected chi connectivity index (χ4v) is 1.01. The van der Waals surface area contributed by atoms with Crippen molar-refractivity contribution in [3.63, 3.8) is 0 Å². The summed E-state index contributed by atoms with van der Waals surface area (Å²) in [7, 11) is 0. The summed E-state index contributed by atoms with van der Waals surface area (Å²) in [5.41, 5.74) is 0. The molecule has 2 rings (SSSR count). The normalized spacial score (nSPS) is 11.2. The van der Waals surface area contributed by atoms with Crippen LogP contribution in [0.2, 0.25) is 0 Å². The van der Waals surface area contributed by atoms with Gasteiger partial charge in [-0.15, -0.1) is 6.42 Å². The Kier molecular flexibility index (Phi) is 13.0. The zero-order chi connectivity index (χ0) is 15.1. The average Bonchev–Trinajstić information content (AvgIpc) is 2.99. The zero-order valence-electron chi connectivity index (χ0n) is 12.2. The van der Waals surface area contributed by atoms with Crippen molar-refractivity contribution in [2.75, 3.05) is 0 Å². The van der Waals surface area contributed by atoms with E-state index in [9.17, 15) is 0 Å². The van der Waals surface area contributed by atoms with Gasteiger partial charge in [0.15, 0.2) is 0 Å². The SMILES string of the molecule is C=CC=COc1ccccc1.C[C](C)=[Ti+].[C-]1=CC=CC1. The smallest absolute Gasteiger partial charge is 0.109 e. The molecule has 0 radical (unpaired) electrons. The summed E-state index contributed by atoms with van der Waals surface area (Å²) in [4.78, 5) is 0. The van der Waals surface area contributed by atoms with Crippen LogP contribution in [0.3, 0.4) is 0 Å². The van der Waals surface area contributed by atoms with E-state index in [2.05, 4.69) is 52.6 Å². The molecule has 0 saturated heterocycles. The van der Waals surface area contributed by atoms with Gasteiger partial charge in [0.1, 0.15) is 5.75 Å². The van der Waals surface area contributed by atoms with Gasteiger partial charge in [-0.1, -0.05) is 30.9 Å². The molecule has 0 unspecified atom stereocenters. The van der Waals surface area contributed by atoms with Crippen LogP contribution in [0.25, 0.3) is 0 Å². The summed E-state index contributed by atoms with van der Waals surface area (Å²) in [6.07, 6.45) is 15.0. The average molecular weight is 301 g/mol. The molecule has 1 aliphatic rings. The second-order valence-corrected chi connectivity index (χ2v) is 5.56. The van der Waals surface area contributed by atoms with Crippen LogP contribution in [-0.2, 0) is 20.0 Å². The van der Waals surface area contributed by atoms with E-state index in [0.717, 1.165) is 12.2 Å². The Morgan fingerprint density at radius 3 is 2.35 bits per heavy atom. The third-order valence-corrected chi connectivity index (χ3v) is 1.75. The first-order valence-electron chi connectivity index (χ1n) is 6.39. The molecule has 1 nitrogen and oxygen atoms in total. The van der Waals surface area contributed by atoms with Gasteiger partial charge in [0.25, 0.3) is 0 Å². The molecule has 0 spiro atoms. The van der Waals surface area contributed by atoms with Crippen molar-refractivity contribution >= 4 is 3.81 Å². The predicted molar refractivity (Wildman–Crippen MR) is 84.3 cm³/mol. The van der Waals surface area contributed by atoms with Crippen LogP contribution in [0.5, 0.6) is 5.75 Å². The third kappa shape index (κ3) is 14.6. The molecule has 0 saturated carbocycles. The van der Waals surface area contributed by atoms with Crippen molar-refractivity contribution in [2.45, 2.75) is 20.3 Å². The fourth-order valence-electron chi connectivity index (χ4n) is 1.01. The molecule has 103 valence electrons. The first kappa shape index (κ1) is 18.6. The maximum atomic E-state index is 5.19. The van der Waals surface area contributed by atoms with Gasteiger partial charge in [0, 0.05) is 0 Å². The molecule has 0 aromatic heterocycles. The summed E-state index contributed by atoms with van der Waals surface area (Å²) in [5.74, 6) is 0.839. The van der Waals surface area contributed by atoms with E-state index < -0.39 is 0 Å². The van der Waals surface area contributed by atoms with E-state index in [1.54, 1.807) is 18.4 Å². The number of hydrogen-bond donors (Lipinski definition) is 0. The molecule has 1 aliphatic carbocycles. The molecule has 0 bridgehead atoms. The Balaban J connectivity index is 0.000000331. The zero-order valence-corrected chi connectivity index (χ0v) is 13.7. The number of hydrogen-bond acceptors (Lipinski definition) is 1. The van der Waals surface area contributed by atoms with Crippen LogP contribution < -0.4 is 4.74 Å². The minimum Gasteiger partial charge on any atom is -0.273 e. The minimum atomic E-state index is 0.839. The van der Waals surface area contributed by atoms with Crippen molar-refractivity contribution in [1.29, 1.82) is 0 Å². The second-order valence-electron chi connectivity index (χ2n) is 4.00. The molecule has 0 fully saturated rings. The molecular formula is C18H21OTi. The predicted octanol–water partition coefficient (Wildman–Crippen LogP) is 4.82. The molecular weight excluding hydrogens is 280 g/mol. The fraction of sp³-hybridized carbons (Fsp3) is 0.167. The van der Waals surface area contributed by atoms with Gasteiger partial charge in [-0.2, -0.15) is 6.08 Å². The Bertz CT molecular complexity index is 442. The summed E-state index contributed by atoms with van der Waals surface area (Å²) in [6.45, 7) is 7.69. The largest absolute Gasteiger partial charge is 0.273 e. The number of para-hydroxylation sites is 1. The Morgan fingerprint density at radius 2 is 1.95 bits per heavy atom. The molecule has 0 heterocycles. The van der Waals surface area contributed by atoms with E-state index in [0.29, 0.717) is 0 Å². The Hall–Kier alpha value is -1.44. The topological polar surface area (TPSA) is 9.23 Å². The molecule has 1 aromatic carbocycles. The van der Waals surface area contributed by atoms with Gasteiger partial charge >= 0.3 is 37.6 Å². The molecule has 0 N–H and O–H groups in total. The van der Waals surface area contributed by atoms with E-state index in [4.69, 9.17) is 4.74 Å².